The van der Waals surface area contributed by atoms with Gasteiger partial charge >= 0.3 is 6.18 Å². The van der Waals surface area contributed by atoms with Gasteiger partial charge in [-0.2, -0.15) is 18.3 Å². The lowest BCUT2D eigenvalue weighted by molar-refractivity contribution is -0.137. The van der Waals surface area contributed by atoms with Crippen molar-refractivity contribution in [3.8, 4) is 0 Å². The number of rotatable bonds is 2. The van der Waals surface area contributed by atoms with Crippen LogP contribution in [0, 0.1) is 0 Å². The summed E-state index contributed by atoms with van der Waals surface area (Å²) in [6.45, 7) is 0.776. The number of hydrogen-bond donors (Lipinski definition) is 0. The van der Waals surface area contributed by atoms with E-state index < -0.39 is 11.7 Å². The van der Waals surface area contributed by atoms with Crippen molar-refractivity contribution in [3.05, 3.63) is 87.9 Å². The molecule has 0 fully saturated rings. The third kappa shape index (κ3) is 3.62. The molecule has 27 heavy (non-hydrogen) atoms. The van der Waals surface area contributed by atoms with Gasteiger partial charge in [-0.15, -0.1) is 0 Å². The smallest absolute Gasteiger partial charge is 0.289 e. The topological polar surface area (TPSA) is 33.4 Å². The van der Waals surface area contributed by atoms with Crippen LogP contribution in [0.2, 0.25) is 0 Å². The van der Waals surface area contributed by atoms with Gasteiger partial charge in [0.05, 0.1) is 18.7 Å². The van der Waals surface area contributed by atoms with E-state index in [4.69, 9.17) is 5.10 Å². The number of benzene rings is 2. The predicted octanol–water partition coefficient (Wildman–Crippen LogP) is 4.89. The standard InChI is InChI=1S/C19H14BrF3N4/c20-17-4-2-1-3-16(17)18(26-8-7-24-12-26)25-27-10-13-5-6-15(19(21,22)23)9-14(13)11-27/h1-9,12H,10-11H2/b25-18-. The third-order valence-electron chi connectivity index (χ3n) is 4.34. The lowest BCUT2D eigenvalue weighted by Gasteiger charge is -2.16. The molecular weight excluding hydrogens is 421 g/mol. The van der Waals surface area contributed by atoms with Gasteiger partial charge < -0.3 is 0 Å². The van der Waals surface area contributed by atoms with Gasteiger partial charge in [-0.05, 0) is 29.3 Å². The molecule has 0 radical (unpaired) electrons. The molecule has 138 valence electrons. The van der Waals surface area contributed by atoms with Crippen LogP contribution in [0.4, 0.5) is 13.2 Å². The Bertz CT molecular complexity index is 996. The number of nitrogens with zero attached hydrogens (tertiary/aromatic N) is 4. The van der Waals surface area contributed by atoms with Crippen molar-refractivity contribution < 1.29 is 13.2 Å². The number of imidazole rings is 1. The van der Waals surface area contributed by atoms with Gasteiger partial charge in [0, 0.05) is 22.4 Å². The highest BCUT2D eigenvalue weighted by atomic mass is 79.9. The second-order valence-corrected chi connectivity index (χ2v) is 7.03. The fourth-order valence-corrected chi connectivity index (χ4v) is 3.49. The van der Waals surface area contributed by atoms with E-state index in [1.165, 1.54) is 12.1 Å². The van der Waals surface area contributed by atoms with Gasteiger partial charge in [0.15, 0.2) is 5.84 Å². The molecule has 0 bridgehead atoms. The summed E-state index contributed by atoms with van der Waals surface area (Å²) in [7, 11) is 0. The maximum atomic E-state index is 13.0. The number of hydrogen-bond acceptors (Lipinski definition) is 3. The minimum absolute atomic E-state index is 0.321. The lowest BCUT2D eigenvalue weighted by Crippen LogP contribution is -2.19. The summed E-state index contributed by atoms with van der Waals surface area (Å²) < 4.78 is 41.5. The fourth-order valence-electron chi connectivity index (χ4n) is 3.03. The van der Waals surface area contributed by atoms with Gasteiger partial charge in [0.25, 0.3) is 0 Å². The van der Waals surface area contributed by atoms with Crippen LogP contribution < -0.4 is 0 Å². The molecule has 0 spiro atoms. The van der Waals surface area contributed by atoms with Crippen LogP contribution in [-0.2, 0) is 19.3 Å². The lowest BCUT2D eigenvalue weighted by atomic mass is 10.1. The summed E-state index contributed by atoms with van der Waals surface area (Å²) in [5, 5.41) is 6.48. The first kappa shape index (κ1) is 17.8. The molecule has 4 rings (SSSR count). The fraction of sp³-hybridized carbons (Fsp3) is 0.158. The first-order valence-corrected chi connectivity index (χ1v) is 8.97. The highest BCUT2D eigenvalue weighted by Crippen LogP contribution is 2.33. The quantitative estimate of drug-likeness (QED) is 0.424. The number of hydrazone groups is 1. The summed E-state index contributed by atoms with van der Waals surface area (Å²) in [5.41, 5.74) is 1.73. The van der Waals surface area contributed by atoms with Crippen molar-refractivity contribution >= 4 is 21.8 Å². The first-order valence-electron chi connectivity index (χ1n) is 8.17. The minimum Gasteiger partial charge on any atom is -0.289 e. The first-order chi connectivity index (χ1) is 12.9. The molecule has 0 unspecified atom stereocenters. The molecule has 2 heterocycles. The van der Waals surface area contributed by atoms with Crippen molar-refractivity contribution in [3.63, 3.8) is 0 Å². The molecule has 0 amide bonds. The average Bonchev–Trinajstić information content (AvgIpc) is 3.28. The summed E-state index contributed by atoms with van der Waals surface area (Å²) in [6, 6.07) is 11.5. The van der Waals surface area contributed by atoms with Gasteiger partial charge in [-0.1, -0.05) is 40.2 Å². The second kappa shape index (κ2) is 6.84. The predicted molar refractivity (Wildman–Crippen MR) is 99.0 cm³/mol. The Morgan fingerprint density at radius 3 is 2.56 bits per heavy atom. The van der Waals surface area contributed by atoms with Crippen LogP contribution in [0.15, 0.2) is 70.8 Å². The van der Waals surface area contributed by atoms with E-state index in [1.54, 1.807) is 28.3 Å². The van der Waals surface area contributed by atoms with E-state index in [9.17, 15) is 13.2 Å². The molecule has 0 saturated carbocycles. The van der Waals surface area contributed by atoms with Crippen LogP contribution in [0.1, 0.15) is 22.3 Å². The van der Waals surface area contributed by atoms with Crippen LogP contribution in [0.5, 0.6) is 0 Å². The third-order valence-corrected chi connectivity index (χ3v) is 5.03. The van der Waals surface area contributed by atoms with Crippen LogP contribution in [0.3, 0.4) is 0 Å². The second-order valence-electron chi connectivity index (χ2n) is 6.18. The number of halogens is 4. The highest BCUT2D eigenvalue weighted by Gasteiger charge is 2.32. The molecule has 3 aromatic rings. The monoisotopic (exact) mass is 434 g/mol. The molecule has 2 aromatic carbocycles. The summed E-state index contributed by atoms with van der Waals surface area (Å²) >= 11 is 3.53. The zero-order chi connectivity index (χ0) is 19.0. The molecule has 0 saturated heterocycles. The Morgan fingerprint density at radius 1 is 1.07 bits per heavy atom. The number of alkyl halides is 3. The maximum absolute atomic E-state index is 13.0. The van der Waals surface area contributed by atoms with Gasteiger partial charge in [-0.3, -0.25) is 9.58 Å². The van der Waals surface area contributed by atoms with E-state index in [1.807, 2.05) is 24.3 Å². The SMILES string of the molecule is FC(F)(F)c1ccc2c(c1)CN(/N=C(/c1ccccc1Br)n1ccnc1)C2. The number of fused-ring (bicyclic) bond motifs is 1. The Hall–Kier alpha value is -2.61. The van der Waals surface area contributed by atoms with Gasteiger partial charge in [0.2, 0.25) is 0 Å². The number of aromatic nitrogens is 2. The summed E-state index contributed by atoms with van der Waals surface area (Å²) in [5.74, 6) is 0.642. The van der Waals surface area contributed by atoms with Crippen molar-refractivity contribution in [2.75, 3.05) is 0 Å². The average molecular weight is 435 g/mol. The molecule has 0 N–H and O–H groups in total. The van der Waals surface area contributed by atoms with E-state index in [2.05, 4.69) is 20.9 Å². The minimum atomic E-state index is -4.34. The molecule has 0 aliphatic carbocycles. The van der Waals surface area contributed by atoms with Crippen molar-refractivity contribution in [1.82, 2.24) is 14.6 Å². The molecule has 0 atom stereocenters. The summed E-state index contributed by atoms with van der Waals surface area (Å²) in [6.07, 6.45) is 0.732. The molecule has 4 nitrogen and oxygen atoms in total. The molecular formula is C19H14BrF3N4. The normalized spacial score (nSPS) is 14.5. The van der Waals surface area contributed by atoms with E-state index in [0.29, 0.717) is 24.5 Å². The maximum Gasteiger partial charge on any atom is 0.416 e. The zero-order valence-corrected chi connectivity index (χ0v) is 15.6. The zero-order valence-electron chi connectivity index (χ0n) is 14.0. The molecule has 1 aliphatic heterocycles. The Morgan fingerprint density at radius 2 is 1.85 bits per heavy atom. The molecule has 8 heteroatoms. The van der Waals surface area contributed by atoms with Gasteiger partial charge in [-0.25, -0.2) is 4.98 Å². The van der Waals surface area contributed by atoms with Crippen LogP contribution in [0.25, 0.3) is 0 Å². The highest BCUT2D eigenvalue weighted by molar-refractivity contribution is 9.10. The Balaban J connectivity index is 1.69. The van der Waals surface area contributed by atoms with E-state index >= 15 is 0 Å². The van der Waals surface area contributed by atoms with E-state index in [-0.39, 0.29) is 0 Å². The largest absolute Gasteiger partial charge is 0.416 e. The van der Waals surface area contributed by atoms with Crippen LogP contribution >= 0.6 is 15.9 Å². The van der Waals surface area contributed by atoms with Crippen LogP contribution in [-0.4, -0.2) is 20.4 Å². The Labute approximate surface area is 162 Å². The molecule has 1 aliphatic rings. The van der Waals surface area contributed by atoms with E-state index in [0.717, 1.165) is 21.7 Å². The van der Waals surface area contributed by atoms with Gasteiger partial charge in [0.1, 0.15) is 6.33 Å². The van der Waals surface area contributed by atoms with Crippen molar-refractivity contribution in [1.29, 1.82) is 0 Å². The molecule has 1 aromatic heterocycles. The summed E-state index contributed by atoms with van der Waals surface area (Å²) in [4.78, 5) is 4.07. The Kier molecular flexibility index (Phi) is 4.51. The van der Waals surface area contributed by atoms with Crippen molar-refractivity contribution in [2.24, 2.45) is 5.10 Å². The van der Waals surface area contributed by atoms with Crippen molar-refractivity contribution in [2.45, 2.75) is 19.3 Å².